The molecule has 0 N–H and O–H groups in total. The highest BCUT2D eigenvalue weighted by atomic mass is 79.9. The Kier molecular flexibility index (Phi) is 2.56. The van der Waals surface area contributed by atoms with Crippen LogP contribution in [0.15, 0.2) is 27.7 Å². The number of carbonyl (C=O) groups is 1. The minimum Gasteiger partial charge on any atom is -0.301 e. The summed E-state index contributed by atoms with van der Waals surface area (Å²) < 4.78 is 2.31. The Morgan fingerprint density at radius 1 is 1.57 bits per heavy atom. The zero-order valence-electron chi connectivity index (χ0n) is 7.02. The largest absolute Gasteiger partial charge is 0.301 e. The molecule has 0 aliphatic carbocycles. The van der Waals surface area contributed by atoms with Crippen LogP contribution in [0, 0.1) is 0 Å². The van der Waals surface area contributed by atoms with E-state index in [4.69, 9.17) is 11.8 Å². The summed E-state index contributed by atoms with van der Waals surface area (Å²) in [7, 11) is 0. The van der Waals surface area contributed by atoms with E-state index < -0.39 is 6.04 Å². The molecule has 1 aliphatic rings. The van der Waals surface area contributed by atoms with Crippen molar-refractivity contribution in [3.8, 4) is 0 Å². The van der Waals surface area contributed by atoms with Crippen molar-refractivity contribution in [2.24, 2.45) is 4.99 Å². The molecule has 1 heterocycles. The van der Waals surface area contributed by atoms with Crippen LogP contribution in [-0.2, 0) is 4.79 Å². The Morgan fingerprint density at radius 3 is 3.07 bits per heavy atom. The molecule has 0 aromatic heterocycles. The Morgan fingerprint density at radius 2 is 2.36 bits per heavy atom. The van der Waals surface area contributed by atoms with Crippen molar-refractivity contribution in [2.75, 3.05) is 4.42 Å². The van der Waals surface area contributed by atoms with E-state index in [0.717, 1.165) is 22.1 Å². The number of nitrogens with zero attached hydrogens (tertiary/aromatic N) is 2. The van der Waals surface area contributed by atoms with Crippen LogP contribution in [0.25, 0.3) is 0 Å². The second-order valence-electron chi connectivity index (χ2n) is 2.85. The first-order valence-electron chi connectivity index (χ1n) is 3.96. The molecule has 0 fully saturated rings. The third-order valence-corrected chi connectivity index (χ3v) is 2.84. The quantitative estimate of drug-likeness (QED) is 0.582. The molecule has 0 spiro atoms. The van der Waals surface area contributed by atoms with E-state index in [9.17, 15) is 4.79 Å². The van der Waals surface area contributed by atoms with Crippen LogP contribution in [-0.4, -0.2) is 18.5 Å². The lowest BCUT2D eigenvalue weighted by atomic mass is 10.2. The Balaban J connectivity index is 2.49. The van der Waals surface area contributed by atoms with Crippen LogP contribution < -0.4 is 4.42 Å². The second kappa shape index (κ2) is 3.71. The van der Waals surface area contributed by atoms with Crippen LogP contribution in [0.2, 0.25) is 0 Å². The van der Waals surface area contributed by atoms with Gasteiger partial charge in [0.25, 0.3) is 0 Å². The highest BCUT2D eigenvalue weighted by Crippen LogP contribution is 2.35. The van der Waals surface area contributed by atoms with Crippen LogP contribution in [0.4, 0.5) is 11.4 Å². The van der Waals surface area contributed by atoms with Crippen molar-refractivity contribution >= 4 is 51.6 Å². The molecular weight excluding hydrogens is 267 g/mol. The molecule has 0 amide bonds. The topological polar surface area (TPSA) is 32.7 Å². The Bertz CT molecular complexity index is 408. The standard InChI is InChI=1S/C9H6BrClN2O/c10-6-1-2-9-8(3-6)12-4-7(5-14)13(9)11/h1-5,7H. The summed E-state index contributed by atoms with van der Waals surface area (Å²) in [6, 6.07) is 5.05. The predicted octanol–water partition coefficient (Wildman–Crippen LogP) is 2.69. The monoisotopic (exact) mass is 272 g/mol. The molecule has 0 radical (unpaired) electrons. The lowest BCUT2D eigenvalue weighted by molar-refractivity contribution is -0.107. The number of aliphatic imine (C=N–C) groups is 1. The third-order valence-electron chi connectivity index (χ3n) is 1.94. The van der Waals surface area contributed by atoms with E-state index >= 15 is 0 Å². The highest BCUT2D eigenvalue weighted by Gasteiger charge is 2.21. The fourth-order valence-electron chi connectivity index (χ4n) is 1.24. The predicted molar refractivity (Wildman–Crippen MR) is 60.5 cm³/mol. The molecule has 1 aromatic rings. The molecular formula is C9H6BrClN2O. The van der Waals surface area contributed by atoms with Gasteiger partial charge in [0, 0.05) is 22.5 Å². The number of anilines is 1. The number of carbonyl (C=O) groups excluding carboxylic acids is 1. The molecule has 0 bridgehead atoms. The van der Waals surface area contributed by atoms with Gasteiger partial charge in [-0.3, -0.25) is 9.41 Å². The first-order valence-corrected chi connectivity index (χ1v) is 5.09. The molecule has 0 saturated heterocycles. The van der Waals surface area contributed by atoms with Crippen LogP contribution in [0.5, 0.6) is 0 Å². The van der Waals surface area contributed by atoms with E-state index in [1.165, 1.54) is 10.6 Å². The van der Waals surface area contributed by atoms with E-state index in [1.807, 2.05) is 18.2 Å². The van der Waals surface area contributed by atoms with Gasteiger partial charge in [-0.1, -0.05) is 15.9 Å². The van der Waals surface area contributed by atoms with Crippen molar-refractivity contribution < 1.29 is 4.79 Å². The maximum Gasteiger partial charge on any atom is 0.149 e. The first kappa shape index (κ1) is 9.68. The van der Waals surface area contributed by atoms with Gasteiger partial charge < -0.3 is 4.79 Å². The average Bonchev–Trinajstić information content (AvgIpc) is 2.18. The maximum atomic E-state index is 10.6. The molecule has 1 aromatic carbocycles. The maximum absolute atomic E-state index is 10.6. The number of hydrogen-bond donors (Lipinski definition) is 0. The summed E-state index contributed by atoms with van der Waals surface area (Å²) in [5, 5.41) is 0. The van der Waals surface area contributed by atoms with E-state index in [-0.39, 0.29) is 0 Å². The Labute approximate surface area is 94.6 Å². The highest BCUT2D eigenvalue weighted by molar-refractivity contribution is 9.10. The molecule has 1 atom stereocenters. The van der Waals surface area contributed by atoms with Gasteiger partial charge in [-0.25, -0.2) is 0 Å². The molecule has 72 valence electrons. The lowest BCUT2D eigenvalue weighted by Gasteiger charge is -2.24. The lowest BCUT2D eigenvalue weighted by Crippen LogP contribution is -2.31. The van der Waals surface area contributed by atoms with E-state index in [2.05, 4.69) is 20.9 Å². The normalized spacial score (nSPS) is 19.3. The number of rotatable bonds is 1. The number of fused-ring (bicyclic) bond motifs is 1. The van der Waals surface area contributed by atoms with Gasteiger partial charge in [-0.15, -0.1) is 0 Å². The van der Waals surface area contributed by atoms with Crippen molar-refractivity contribution in [3.05, 3.63) is 22.7 Å². The number of halogens is 2. The van der Waals surface area contributed by atoms with Gasteiger partial charge in [0.2, 0.25) is 0 Å². The molecule has 0 saturated carbocycles. The average molecular weight is 274 g/mol. The van der Waals surface area contributed by atoms with Gasteiger partial charge >= 0.3 is 0 Å². The number of aldehydes is 1. The van der Waals surface area contributed by atoms with Crippen molar-refractivity contribution in [2.45, 2.75) is 6.04 Å². The van der Waals surface area contributed by atoms with E-state index in [1.54, 1.807) is 0 Å². The summed E-state index contributed by atoms with van der Waals surface area (Å²) >= 11 is 9.30. The minimum absolute atomic E-state index is 0.481. The molecule has 2 rings (SSSR count). The van der Waals surface area contributed by atoms with Gasteiger partial charge in [0.05, 0.1) is 11.4 Å². The van der Waals surface area contributed by atoms with Crippen molar-refractivity contribution in [1.29, 1.82) is 0 Å². The third kappa shape index (κ3) is 1.55. The van der Waals surface area contributed by atoms with Crippen LogP contribution in [0.3, 0.4) is 0 Å². The SMILES string of the molecule is O=CC1C=Nc2cc(Br)ccc2N1Cl. The van der Waals surface area contributed by atoms with Gasteiger partial charge in [-0.2, -0.15) is 0 Å². The second-order valence-corrected chi connectivity index (χ2v) is 4.13. The Hall–Kier alpha value is -0.870. The van der Waals surface area contributed by atoms with Gasteiger partial charge in [-0.05, 0) is 18.2 Å². The number of hydrogen-bond acceptors (Lipinski definition) is 3. The zero-order chi connectivity index (χ0) is 10.1. The van der Waals surface area contributed by atoms with Crippen LogP contribution in [0.1, 0.15) is 0 Å². The molecule has 5 heteroatoms. The zero-order valence-corrected chi connectivity index (χ0v) is 9.36. The first-order chi connectivity index (χ1) is 6.72. The van der Waals surface area contributed by atoms with Crippen LogP contribution >= 0.6 is 27.7 Å². The summed E-state index contributed by atoms with van der Waals surface area (Å²) in [6.07, 6.45) is 2.27. The number of benzene rings is 1. The summed E-state index contributed by atoms with van der Waals surface area (Å²) in [4.78, 5) is 14.8. The smallest absolute Gasteiger partial charge is 0.149 e. The molecule has 3 nitrogen and oxygen atoms in total. The van der Waals surface area contributed by atoms with Crippen molar-refractivity contribution in [1.82, 2.24) is 0 Å². The van der Waals surface area contributed by atoms with Gasteiger partial charge in [0.15, 0.2) is 0 Å². The summed E-state index contributed by atoms with van der Waals surface area (Å²) in [5.41, 5.74) is 1.50. The molecule has 1 unspecified atom stereocenters. The van der Waals surface area contributed by atoms with Gasteiger partial charge in [0.1, 0.15) is 12.3 Å². The molecule has 1 aliphatic heterocycles. The summed E-state index contributed by atoms with van der Waals surface area (Å²) in [6.45, 7) is 0. The fraction of sp³-hybridized carbons (Fsp3) is 0.111. The summed E-state index contributed by atoms with van der Waals surface area (Å²) in [5.74, 6) is 0. The van der Waals surface area contributed by atoms with E-state index in [0.29, 0.717) is 0 Å². The molecule has 14 heavy (non-hydrogen) atoms. The fourth-order valence-corrected chi connectivity index (χ4v) is 1.83. The van der Waals surface area contributed by atoms with Crippen molar-refractivity contribution in [3.63, 3.8) is 0 Å². The minimum atomic E-state index is -0.481.